The van der Waals surface area contributed by atoms with Crippen molar-refractivity contribution in [2.45, 2.75) is 0 Å². The number of aromatic nitrogens is 3. The molecule has 0 amide bonds. The van der Waals surface area contributed by atoms with Gasteiger partial charge in [-0.05, 0) is 65.6 Å². The molecular formula is C34H21N3S2. The standard InChI is InChI=1S/C34H21N3S2/c1-2-9-31-25(7-1)28-20-30(29-8-3-4-16-35-29)36-21-32(28)37(31)23-12-15-27-26-14-11-22(10-13-24-6-5-17-38-24)18-33(26)39-34(27)19-23/h1-21H/b13-10+. The minimum atomic E-state index is 0.882. The molecule has 8 rings (SSSR count). The van der Waals surface area contributed by atoms with Gasteiger partial charge >= 0.3 is 0 Å². The Kier molecular flexibility index (Phi) is 5.18. The Bertz CT molecular complexity index is 2170. The molecule has 0 aliphatic heterocycles. The first-order valence-electron chi connectivity index (χ1n) is 12.8. The average Bonchev–Trinajstić information content (AvgIpc) is 3.71. The average molecular weight is 536 g/mol. The molecule has 0 unspecified atom stereocenters. The summed E-state index contributed by atoms with van der Waals surface area (Å²) in [6.45, 7) is 0. The highest BCUT2D eigenvalue weighted by Gasteiger charge is 2.15. The van der Waals surface area contributed by atoms with Crippen LogP contribution in [0, 0.1) is 0 Å². The van der Waals surface area contributed by atoms with Gasteiger partial charge < -0.3 is 4.57 Å². The van der Waals surface area contributed by atoms with Crippen LogP contribution >= 0.6 is 22.7 Å². The maximum absolute atomic E-state index is 4.81. The minimum Gasteiger partial charge on any atom is -0.308 e. The maximum Gasteiger partial charge on any atom is 0.0893 e. The Morgan fingerprint density at radius 2 is 1.49 bits per heavy atom. The molecule has 0 aliphatic carbocycles. The van der Waals surface area contributed by atoms with E-state index in [1.165, 1.54) is 46.9 Å². The van der Waals surface area contributed by atoms with Gasteiger partial charge in [0, 0.05) is 47.7 Å². The predicted molar refractivity (Wildman–Crippen MR) is 168 cm³/mol. The summed E-state index contributed by atoms with van der Waals surface area (Å²) in [5.41, 5.74) is 6.40. The van der Waals surface area contributed by atoms with Gasteiger partial charge in [0.05, 0.1) is 28.6 Å². The van der Waals surface area contributed by atoms with Crippen LogP contribution in [-0.2, 0) is 0 Å². The van der Waals surface area contributed by atoms with Gasteiger partial charge in [0.15, 0.2) is 0 Å². The number of hydrogen-bond donors (Lipinski definition) is 0. The Morgan fingerprint density at radius 3 is 2.36 bits per heavy atom. The summed E-state index contributed by atoms with van der Waals surface area (Å²) in [6.07, 6.45) is 8.19. The van der Waals surface area contributed by atoms with Gasteiger partial charge in [0.1, 0.15) is 0 Å². The molecule has 5 heterocycles. The molecule has 5 heteroatoms. The lowest BCUT2D eigenvalue weighted by Crippen LogP contribution is -1.94. The van der Waals surface area contributed by atoms with Crippen molar-refractivity contribution in [1.82, 2.24) is 14.5 Å². The Labute approximate surface area is 233 Å². The molecule has 184 valence electrons. The van der Waals surface area contributed by atoms with E-state index in [0.717, 1.165) is 22.6 Å². The van der Waals surface area contributed by atoms with Gasteiger partial charge in [-0.1, -0.05) is 54.6 Å². The van der Waals surface area contributed by atoms with E-state index in [4.69, 9.17) is 4.98 Å². The lowest BCUT2D eigenvalue weighted by molar-refractivity contribution is 1.17. The molecule has 0 saturated carbocycles. The molecule has 3 nitrogen and oxygen atoms in total. The zero-order chi connectivity index (χ0) is 25.8. The van der Waals surface area contributed by atoms with Crippen molar-refractivity contribution in [1.29, 1.82) is 0 Å². The fourth-order valence-corrected chi connectivity index (χ4v) is 7.20. The first-order valence-corrected chi connectivity index (χ1v) is 14.5. The van der Waals surface area contributed by atoms with E-state index < -0.39 is 0 Å². The number of pyridine rings is 2. The van der Waals surface area contributed by atoms with Crippen molar-refractivity contribution in [3.05, 3.63) is 125 Å². The van der Waals surface area contributed by atoms with Crippen molar-refractivity contribution in [3.63, 3.8) is 0 Å². The monoisotopic (exact) mass is 535 g/mol. The van der Waals surface area contributed by atoms with Crippen molar-refractivity contribution >= 4 is 76.8 Å². The van der Waals surface area contributed by atoms with Gasteiger partial charge in [-0.25, -0.2) is 0 Å². The number of thiophene rings is 2. The third kappa shape index (κ3) is 3.78. The normalized spacial score (nSPS) is 12.0. The van der Waals surface area contributed by atoms with Gasteiger partial charge in [0.25, 0.3) is 0 Å². The lowest BCUT2D eigenvalue weighted by atomic mass is 10.1. The van der Waals surface area contributed by atoms with Crippen molar-refractivity contribution < 1.29 is 0 Å². The Hall–Kier alpha value is -4.58. The van der Waals surface area contributed by atoms with E-state index in [1.54, 1.807) is 11.3 Å². The summed E-state index contributed by atoms with van der Waals surface area (Å²) in [6, 6.07) is 34.5. The van der Waals surface area contributed by atoms with Crippen LogP contribution in [0.3, 0.4) is 0 Å². The van der Waals surface area contributed by atoms with Gasteiger partial charge in [-0.15, -0.1) is 22.7 Å². The maximum atomic E-state index is 4.81. The van der Waals surface area contributed by atoms with E-state index >= 15 is 0 Å². The summed E-state index contributed by atoms with van der Waals surface area (Å²) >= 11 is 3.61. The molecule has 0 radical (unpaired) electrons. The SMILES string of the molecule is C(=C\c1cccs1)/c1ccc2c(c1)sc1cc(-n3c4ccccc4c4cc(-c5ccccn5)ncc43)ccc12. The Balaban J connectivity index is 1.27. The second kappa shape index (κ2) is 9.02. The first-order chi connectivity index (χ1) is 19.3. The van der Waals surface area contributed by atoms with E-state index in [1.807, 2.05) is 41.9 Å². The van der Waals surface area contributed by atoms with E-state index in [0.29, 0.717) is 0 Å². The van der Waals surface area contributed by atoms with Crippen LogP contribution < -0.4 is 0 Å². The van der Waals surface area contributed by atoms with Gasteiger partial charge in [-0.2, -0.15) is 0 Å². The molecule has 0 bridgehead atoms. The van der Waals surface area contributed by atoms with E-state index in [-0.39, 0.29) is 0 Å². The third-order valence-corrected chi connectivity index (χ3v) is 9.16. The summed E-state index contributed by atoms with van der Waals surface area (Å²) in [7, 11) is 0. The highest BCUT2D eigenvalue weighted by Crippen LogP contribution is 2.38. The second-order valence-corrected chi connectivity index (χ2v) is 11.6. The van der Waals surface area contributed by atoms with Crippen molar-refractivity contribution in [2.24, 2.45) is 0 Å². The first kappa shape index (κ1) is 22.4. The van der Waals surface area contributed by atoms with Crippen molar-refractivity contribution in [2.75, 3.05) is 0 Å². The highest BCUT2D eigenvalue weighted by molar-refractivity contribution is 7.25. The number of nitrogens with zero attached hydrogens (tertiary/aromatic N) is 3. The molecule has 0 N–H and O–H groups in total. The molecule has 3 aromatic carbocycles. The summed E-state index contributed by atoms with van der Waals surface area (Å²) in [5.74, 6) is 0. The smallest absolute Gasteiger partial charge is 0.0893 e. The molecule has 0 saturated heterocycles. The van der Waals surface area contributed by atoms with Crippen molar-refractivity contribution in [3.8, 4) is 17.1 Å². The van der Waals surface area contributed by atoms with Crippen LogP contribution in [-0.4, -0.2) is 14.5 Å². The number of benzene rings is 3. The van der Waals surface area contributed by atoms with E-state index in [9.17, 15) is 0 Å². The molecule has 0 atom stereocenters. The molecule has 0 fully saturated rings. The zero-order valence-electron chi connectivity index (χ0n) is 20.8. The van der Waals surface area contributed by atoms with Crippen LogP contribution in [0.5, 0.6) is 0 Å². The fourth-order valence-electron chi connectivity index (χ4n) is 5.39. The van der Waals surface area contributed by atoms with Crippen LogP contribution in [0.25, 0.3) is 71.2 Å². The molecule has 0 spiro atoms. The number of hydrogen-bond acceptors (Lipinski definition) is 4. The summed E-state index contributed by atoms with van der Waals surface area (Å²) in [5, 5.41) is 7.10. The number of fused-ring (bicyclic) bond motifs is 6. The molecule has 39 heavy (non-hydrogen) atoms. The van der Waals surface area contributed by atoms with Crippen LogP contribution in [0.2, 0.25) is 0 Å². The predicted octanol–water partition coefficient (Wildman–Crippen LogP) is 9.84. The topological polar surface area (TPSA) is 30.7 Å². The molecular weight excluding hydrogens is 515 g/mol. The number of para-hydroxylation sites is 1. The van der Waals surface area contributed by atoms with Crippen LogP contribution in [0.1, 0.15) is 10.4 Å². The summed E-state index contributed by atoms with van der Waals surface area (Å²) in [4.78, 5) is 10.6. The second-order valence-electron chi connectivity index (χ2n) is 9.54. The summed E-state index contributed by atoms with van der Waals surface area (Å²) < 4.78 is 4.92. The lowest BCUT2D eigenvalue weighted by Gasteiger charge is -2.08. The largest absolute Gasteiger partial charge is 0.308 e. The molecule has 5 aromatic heterocycles. The minimum absolute atomic E-state index is 0.882. The Morgan fingerprint density at radius 1 is 0.615 bits per heavy atom. The van der Waals surface area contributed by atoms with Gasteiger partial charge in [0.2, 0.25) is 0 Å². The van der Waals surface area contributed by atoms with E-state index in [2.05, 4.69) is 106 Å². The van der Waals surface area contributed by atoms with Crippen LogP contribution in [0.4, 0.5) is 0 Å². The molecule has 8 aromatic rings. The van der Waals surface area contributed by atoms with Gasteiger partial charge in [-0.3, -0.25) is 9.97 Å². The highest BCUT2D eigenvalue weighted by atomic mass is 32.1. The third-order valence-electron chi connectivity index (χ3n) is 7.21. The number of rotatable bonds is 4. The fraction of sp³-hybridized carbons (Fsp3) is 0. The molecule has 0 aliphatic rings. The zero-order valence-corrected chi connectivity index (χ0v) is 22.4. The quantitative estimate of drug-likeness (QED) is 0.224. The van der Waals surface area contributed by atoms with Crippen LogP contribution in [0.15, 0.2) is 115 Å².